The monoisotopic (exact) mass is 199 g/mol. The van der Waals surface area contributed by atoms with Crippen LogP contribution in [0.1, 0.15) is 12.0 Å². The van der Waals surface area contributed by atoms with E-state index in [1.807, 2.05) is 0 Å². The molecule has 3 nitrogen and oxygen atoms in total. The summed E-state index contributed by atoms with van der Waals surface area (Å²) >= 11 is 0. The van der Waals surface area contributed by atoms with Crippen molar-refractivity contribution < 1.29 is 14.2 Å². The van der Waals surface area contributed by atoms with E-state index in [1.54, 1.807) is 0 Å². The van der Waals surface area contributed by atoms with Crippen LogP contribution >= 0.6 is 0 Å². The van der Waals surface area contributed by atoms with Crippen LogP contribution in [-0.4, -0.2) is 18.8 Å². The second kappa shape index (κ2) is 4.81. The molecule has 0 unspecified atom stereocenters. The van der Waals surface area contributed by atoms with E-state index in [0.29, 0.717) is 13.0 Å². The van der Waals surface area contributed by atoms with Crippen molar-refractivity contribution in [1.29, 1.82) is 0 Å². The van der Waals surface area contributed by atoms with Crippen molar-refractivity contribution >= 4 is 0 Å². The Hall–Kier alpha value is -1.29. The summed E-state index contributed by atoms with van der Waals surface area (Å²) in [6.07, 6.45) is 1.43. The molecule has 3 N–H and O–H groups in total. The van der Waals surface area contributed by atoms with Crippen molar-refractivity contribution in [2.75, 3.05) is 13.7 Å². The highest BCUT2D eigenvalue weighted by Crippen LogP contribution is 2.30. The first-order valence-corrected chi connectivity index (χ1v) is 4.44. The van der Waals surface area contributed by atoms with Crippen LogP contribution in [0, 0.1) is 5.82 Å². The van der Waals surface area contributed by atoms with Gasteiger partial charge in [-0.15, -0.1) is 0 Å². The van der Waals surface area contributed by atoms with Gasteiger partial charge in [-0.3, -0.25) is 0 Å². The lowest BCUT2D eigenvalue weighted by atomic mass is 10.1. The summed E-state index contributed by atoms with van der Waals surface area (Å²) in [5.74, 6) is -0.819. The lowest BCUT2D eigenvalue weighted by Gasteiger charge is -2.07. The minimum Gasteiger partial charge on any atom is -0.504 e. The first-order valence-electron chi connectivity index (χ1n) is 4.44. The number of ether oxygens (including phenoxy) is 1. The molecule has 0 aliphatic rings. The lowest BCUT2D eigenvalue weighted by molar-refractivity contribution is 0.350. The van der Waals surface area contributed by atoms with Crippen LogP contribution in [0.4, 0.5) is 4.39 Å². The van der Waals surface area contributed by atoms with Gasteiger partial charge in [-0.1, -0.05) is 0 Å². The van der Waals surface area contributed by atoms with Gasteiger partial charge in [-0.05, 0) is 37.1 Å². The van der Waals surface area contributed by atoms with Crippen LogP contribution in [0.3, 0.4) is 0 Å². The van der Waals surface area contributed by atoms with Crippen LogP contribution < -0.4 is 10.5 Å². The Kier molecular flexibility index (Phi) is 3.71. The van der Waals surface area contributed by atoms with Gasteiger partial charge in [0.15, 0.2) is 17.3 Å². The molecule has 0 aromatic heterocycles. The lowest BCUT2D eigenvalue weighted by Crippen LogP contribution is -2.01. The third-order valence-corrected chi connectivity index (χ3v) is 1.96. The largest absolute Gasteiger partial charge is 0.504 e. The summed E-state index contributed by atoms with van der Waals surface area (Å²) in [7, 11) is 1.32. The molecule has 1 rings (SSSR count). The molecule has 0 radical (unpaired) electrons. The second-order valence-corrected chi connectivity index (χ2v) is 3.02. The van der Waals surface area contributed by atoms with Gasteiger partial charge in [0, 0.05) is 0 Å². The molecule has 1 aromatic carbocycles. The molecule has 14 heavy (non-hydrogen) atoms. The number of phenolic OH excluding ortho intramolecular Hbond substituents is 1. The predicted octanol–water partition coefficient (Wildman–Crippen LogP) is 1.43. The molecule has 0 atom stereocenters. The van der Waals surface area contributed by atoms with Gasteiger partial charge in [0.25, 0.3) is 0 Å². The summed E-state index contributed by atoms with van der Waals surface area (Å²) in [5, 5.41) is 9.38. The van der Waals surface area contributed by atoms with Crippen molar-refractivity contribution in [3.63, 3.8) is 0 Å². The Morgan fingerprint density at radius 2 is 2.21 bits per heavy atom. The number of hydrogen-bond acceptors (Lipinski definition) is 3. The van der Waals surface area contributed by atoms with Gasteiger partial charge in [0.2, 0.25) is 0 Å². The number of nitrogens with two attached hydrogens (primary N) is 1. The predicted molar refractivity (Wildman–Crippen MR) is 52.0 cm³/mol. The average Bonchev–Trinajstić information content (AvgIpc) is 2.14. The van der Waals surface area contributed by atoms with E-state index < -0.39 is 5.82 Å². The number of hydrogen-bond donors (Lipinski definition) is 2. The van der Waals surface area contributed by atoms with Gasteiger partial charge in [-0.2, -0.15) is 0 Å². The molecule has 1 aromatic rings. The molecule has 0 saturated heterocycles. The molecule has 0 aliphatic carbocycles. The number of aryl methyl sites for hydroxylation is 1. The van der Waals surface area contributed by atoms with E-state index in [2.05, 4.69) is 4.74 Å². The molecule has 0 heterocycles. The molecule has 0 spiro atoms. The van der Waals surface area contributed by atoms with Crippen molar-refractivity contribution in [3.8, 4) is 11.5 Å². The zero-order chi connectivity index (χ0) is 10.6. The van der Waals surface area contributed by atoms with Crippen LogP contribution in [0.2, 0.25) is 0 Å². The molecule has 0 bridgehead atoms. The molecule has 78 valence electrons. The second-order valence-electron chi connectivity index (χ2n) is 3.02. The van der Waals surface area contributed by atoms with Gasteiger partial charge in [-0.25, -0.2) is 4.39 Å². The van der Waals surface area contributed by atoms with E-state index in [-0.39, 0.29) is 11.5 Å². The molecule has 0 saturated carbocycles. The first kappa shape index (κ1) is 10.8. The Labute approximate surface area is 82.3 Å². The van der Waals surface area contributed by atoms with Crippen LogP contribution in [0.25, 0.3) is 0 Å². The number of benzene rings is 1. The summed E-state index contributed by atoms with van der Waals surface area (Å²) in [4.78, 5) is 0. The molecule has 0 fully saturated rings. The van der Waals surface area contributed by atoms with E-state index in [4.69, 9.17) is 5.73 Å². The molecule has 0 amide bonds. The number of halogens is 1. The zero-order valence-electron chi connectivity index (χ0n) is 8.09. The fourth-order valence-corrected chi connectivity index (χ4v) is 1.29. The normalized spacial score (nSPS) is 10.2. The van der Waals surface area contributed by atoms with E-state index >= 15 is 0 Å². The molecule has 4 heteroatoms. The molecular weight excluding hydrogens is 185 g/mol. The van der Waals surface area contributed by atoms with E-state index in [0.717, 1.165) is 12.0 Å². The van der Waals surface area contributed by atoms with Crippen molar-refractivity contribution in [1.82, 2.24) is 0 Å². The van der Waals surface area contributed by atoms with Crippen molar-refractivity contribution in [2.45, 2.75) is 12.8 Å². The van der Waals surface area contributed by atoms with Gasteiger partial charge >= 0.3 is 0 Å². The summed E-state index contributed by atoms with van der Waals surface area (Å²) in [6.45, 7) is 0.550. The highest BCUT2D eigenvalue weighted by Gasteiger charge is 2.09. The van der Waals surface area contributed by atoms with Crippen LogP contribution in [0.5, 0.6) is 11.5 Å². The van der Waals surface area contributed by atoms with Crippen molar-refractivity contribution in [3.05, 3.63) is 23.5 Å². The number of methoxy groups -OCH3 is 1. The standard InChI is InChI=1S/C10H14FNO2/c1-14-10-8(11)5-7(3-2-4-12)6-9(10)13/h5-6,13H,2-4,12H2,1H3. The maximum atomic E-state index is 13.2. The van der Waals surface area contributed by atoms with Crippen LogP contribution in [-0.2, 0) is 6.42 Å². The number of rotatable bonds is 4. The summed E-state index contributed by atoms with van der Waals surface area (Å²) in [5.41, 5.74) is 6.06. The maximum absolute atomic E-state index is 13.2. The summed E-state index contributed by atoms with van der Waals surface area (Å²) < 4.78 is 17.9. The minimum atomic E-state index is -0.542. The molecule has 0 aliphatic heterocycles. The average molecular weight is 199 g/mol. The highest BCUT2D eigenvalue weighted by molar-refractivity contribution is 5.43. The summed E-state index contributed by atoms with van der Waals surface area (Å²) in [6, 6.07) is 2.85. The minimum absolute atomic E-state index is 0.110. The SMILES string of the molecule is COc1c(O)cc(CCCN)cc1F. The molecular formula is C10H14FNO2. The fraction of sp³-hybridized carbons (Fsp3) is 0.400. The van der Waals surface area contributed by atoms with E-state index in [9.17, 15) is 9.50 Å². The highest BCUT2D eigenvalue weighted by atomic mass is 19.1. The van der Waals surface area contributed by atoms with Crippen LogP contribution in [0.15, 0.2) is 12.1 Å². The number of aromatic hydroxyl groups is 1. The third kappa shape index (κ3) is 2.35. The fourth-order valence-electron chi connectivity index (χ4n) is 1.29. The van der Waals surface area contributed by atoms with Gasteiger partial charge in [0.1, 0.15) is 0 Å². The van der Waals surface area contributed by atoms with Gasteiger partial charge in [0.05, 0.1) is 7.11 Å². The Bertz CT molecular complexity index is 292. The smallest absolute Gasteiger partial charge is 0.196 e. The Morgan fingerprint density at radius 3 is 2.71 bits per heavy atom. The van der Waals surface area contributed by atoms with Crippen molar-refractivity contribution in [2.24, 2.45) is 5.73 Å². The zero-order valence-corrected chi connectivity index (χ0v) is 8.09. The maximum Gasteiger partial charge on any atom is 0.196 e. The van der Waals surface area contributed by atoms with E-state index in [1.165, 1.54) is 19.2 Å². The quantitative estimate of drug-likeness (QED) is 0.771. The van der Waals surface area contributed by atoms with Gasteiger partial charge < -0.3 is 15.6 Å². The first-order chi connectivity index (χ1) is 6.69. The number of phenols is 1. The topological polar surface area (TPSA) is 55.5 Å². The Morgan fingerprint density at radius 1 is 1.50 bits per heavy atom. The third-order valence-electron chi connectivity index (χ3n) is 1.96. The Balaban J connectivity index is 2.90.